The van der Waals surface area contributed by atoms with E-state index in [0.717, 1.165) is 18.9 Å². The summed E-state index contributed by atoms with van der Waals surface area (Å²) < 4.78 is 5.37. The lowest BCUT2D eigenvalue weighted by atomic mass is 10.4. The maximum absolute atomic E-state index is 5.77. The molecule has 1 aliphatic heterocycles. The minimum atomic E-state index is 0.557. The highest BCUT2D eigenvalue weighted by Gasteiger charge is 2.14. The van der Waals surface area contributed by atoms with E-state index in [1.807, 2.05) is 19.1 Å². The fourth-order valence-electron chi connectivity index (χ4n) is 1.82. The first kappa shape index (κ1) is 10.1. The Bertz CT molecular complexity index is 335. The smallest absolute Gasteiger partial charge is 0.239 e. The van der Waals surface area contributed by atoms with Crippen LogP contribution in [0.1, 0.15) is 19.8 Å². The molecule has 0 radical (unpaired) electrons. The SMILES string of the molecule is CCOc1nc(N2CCCC2)ccc1N. The molecule has 0 saturated carbocycles. The van der Waals surface area contributed by atoms with Gasteiger partial charge in [0.2, 0.25) is 5.88 Å². The molecule has 1 aliphatic rings. The van der Waals surface area contributed by atoms with E-state index in [0.29, 0.717) is 18.2 Å². The molecule has 1 aromatic rings. The van der Waals surface area contributed by atoms with E-state index in [2.05, 4.69) is 9.88 Å². The molecule has 15 heavy (non-hydrogen) atoms. The third-order valence-corrected chi connectivity index (χ3v) is 2.59. The Kier molecular flexibility index (Phi) is 2.94. The number of nitrogens with zero attached hydrogens (tertiary/aromatic N) is 2. The molecule has 0 spiro atoms. The van der Waals surface area contributed by atoms with E-state index in [-0.39, 0.29) is 0 Å². The number of pyridine rings is 1. The summed E-state index contributed by atoms with van der Waals surface area (Å²) >= 11 is 0. The van der Waals surface area contributed by atoms with Gasteiger partial charge in [0.15, 0.2) is 0 Å². The van der Waals surface area contributed by atoms with Crippen molar-refractivity contribution in [2.75, 3.05) is 30.3 Å². The fourth-order valence-corrected chi connectivity index (χ4v) is 1.82. The predicted octanol–water partition coefficient (Wildman–Crippen LogP) is 1.66. The van der Waals surface area contributed by atoms with Gasteiger partial charge in [0.1, 0.15) is 5.82 Å². The first-order valence-corrected chi connectivity index (χ1v) is 5.45. The Morgan fingerprint density at radius 3 is 2.80 bits per heavy atom. The van der Waals surface area contributed by atoms with Gasteiger partial charge in [0, 0.05) is 13.1 Å². The lowest BCUT2D eigenvalue weighted by molar-refractivity contribution is 0.329. The Balaban J connectivity index is 2.21. The summed E-state index contributed by atoms with van der Waals surface area (Å²) in [7, 11) is 0. The van der Waals surface area contributed by atoms with Crippen molar-refractivity contribution in [2.45, 2.75) is 19.8 Å². The Labute approximate surface area is 90.0 Å². The molecule has 2 heterocycles. The van der Waals surface area contributed by atoms with Crippen LogP contribution in [-0.4, -0.2) is 24.7 Å². The molecule has 4 heteroatoms. The van der Waals surface area contributed by atoms with Crippen molar-refractivity contribution in [3.05, 3.63) is 12.1 Å². The van der Waals surface area contributed by atoms with Crippen LogP contribution in [0.4, 0.5) is 11.5 Å². The fraction of sp³-hybridized carbons (Fsp3) is 0.545. The quantitative estimate of drug-likeness (QED) is 0.819. The third-order valence-electron chi connectivity index (χ3n) is 2.59. The minimum absolute atomic E-state index is 0.557. The maximum Gasteiger partial charge on any atom is 0.239 e. The molecular weight excluding hydrogens is 190 g/mol. The molecule has 82 valence electrons. The van der Waals surface area contributed by atoms with Crippen molar-refractivity contribution >= 4 is 11.5 Å². The summed E-state index contributed by atoms with van der Waals surface area (Å²) in [6.45, 7) is 4.70. The number of hydrogen-bond donors (Lipinski definition) is 1. The summed E-state index contributed by atoms with van der Waals surface area (Å²) in [5, 5.41) is 0. The lowest BCUT2D eigenvalue weighted by Gasteiger charge is -2.17. The van der Waals surface area contributed by atoms with Gasteiger partial charge >= 0.3 is 0 Å². The topological polar surface area (TPSA) is 51.4 Å². The van der Waals surface area contributed by atoms with Crippen LogP contribution in [0.25, 0.3) is 0 Å². The van der Waals surface area contributed by atoms with Gasteiger partial charge in [-0.05, 0) is 31.9 Å². The average Bonchev–Trinajstić information content (AvgIpc) is 2.75. The Hall–Kier alpha value is -1.45. The van der Waals surface area contributed by atoms with Gasteiger partial charge in [-0.25, -0.2) is 0 Å². The molecule has 0 amide bonds. The zero-order chi connectivity index (χ0) is 10.7. The first-order chi connectivity index (χ1) is 7.31. The predicted molar refractivity (Wildman–Crippen MR) is 61.3 cm³/mol. The molecule has 1 saturated heterocycles. The van der Waals surface area contributed by atoms with Gasteiger partial charge in [-0.1, -0.05) is 0 Å². The lowest BCUT2D eigenvalue weighted by Crippen LogP contribution is -2.19. The van der Waals surface area contributed by atoms with Gasteiger partial charge in [0.25, 0.3) is 0 Å². The number of ether oxygens (including phenoxy) is 1. The van der Waals surface area contributed by atoms with Crippen LogP contribution < -0.4 is 15.4 Å². The Morgan fingerprint density at radius 1 is 1.40 bits per heavy atom. The van der Waals surface area contributed by atoms with E-state index in [1.165, 1.54) is 12.8 Å². The molecule has 2 rings (SSSR count). The van der Waals surface area contributed by atoms with Crippen molar-refractivity contribution < 1.29 is 4.74 Å². The Morgan fingerprint density at radius 2 is 2.13 bits per heavy atom. The molecule has 0 unspecified atom stereocenters. The number of nitrogens with two attached hydrogens (primary N) is 1. The molecule has 0 aliphatic carbocycles. The van der Waals surface area contributed by atoms with Crippen molar-refractivity contribution in [1.29, 1.82) is 0 Å². The minimum Gasteiger partial charge on any atom is -0.476 e. The van der Waals surface area contributed by atoms with Gasteiger partial charge in [-0.2, -0.15) is 4.98 Å². The van der Waals surface area contributed by atoms with Crippen LogP contribution >= 0.6 is 0 Å². The van der Waals surface area contributed by atoms with E-state index in [1.54, 1.807) is 0 Å². The highest BCUT2D eigenvalue weighted by Crippen LogP contribution is 2.25. The van der Waals surface area contributed by atoms with E-state index in [9.17, 15) is 0 Å². The summed E-state index contributed by atoms with van der Waals surface area (Å²) in [6, 6.07) is 3.83. The second kappa shape index (κ2) is 4.38. The van der Waals surface area contributed by atoms with Crippen molar-refractivity contribution in [3.8, 4) is 5.88 Å². The monoisotopic (exact) mass is 207 g/mol. The van der Waals surface area contributed by atoms with Crippen LogP contribution in [0, 0.1) is 0 Å². The highest BCUT2D eigenvalue weighted by atomic mass is 16.5. The zero-order valence-corrected chi connectivity index (χ0v) is 9.07. The summed E-state index contributed by atoms with van der Waals surface area (Å²) in [4.78, 5) is 6.69. The molecular formula is C11H17N3O. The second-order valence-electron chi connectivity index (χ2n) is 3.69. The van der Waals surface area contributed by atoms with Gasteiger partial charge in [0.05, 0.1) is 12.3 Å². The van der Waals surface area contributed by atoms with Crippen molar-refractivity contribution in [2.24, 2.45) is 0 Å². The zero-order valence-electron chi connectivity index (χ0n) is 9.07. The van der Waals surface area contributed by atoms with Crippen molar-refractivity contribution in [3.63, 3.8) is 0 Å². The standard InChI is InChI=1S/C11H17N3O/c1-2-15-11-9(12)5-6-10(13-11)14-7-3-4-8-14/h5-6H,2-4,7-8,12H2,1H3. The molecule has 0 aromatic carbocycles. The van der Waals surface area contributed by atoms with E-state index >= 15 is 0 Å². The molecule has 0 atom stereocenters. The number of nitrogen functional groups attached to an aromatic ring is 1. The van der Waals surface area contributed by atoms with Crippen molar-refractivity contribution in [1.82, 2.24) is 4.98 Å². The average molecular weight is 207 g/mol. The van der Waals surface area contributed by atoms with Gasteiger partial charge in [-0.3, -0.25) is 0 Å². The number of rotatable bonds is 3. The maximum atomic E-state index is 5.77. The number of anilines is 2. The summed E-state index contributed by atoms with van der Waals surface area (Å²) in [6.07, 6.45) is 2.49. The number of hydrogen-bond acceptors (Lipinski definition) is 4. The second-order valence-corrected chi connectivity index (χ2v) is 3.69. The molecule has 1 fully saturated rings. The molecule has 0 bridgehead atoms. The van der Waals surface area contributed by atoms with E-state index < -0.39 is 0 Å². The van der Waals surface area contributed by atoms with Crippen LogP contribution in [0.15, 0.2) is 12.1 Å². The van der Waals surface area contributed by atoms with Crippen LogP contribution in [0.5, 0.6) is 5.88 Å². The van der Waals surface area contributed by atoms with Crippen LogP contribution in [-0.2, 0) is 0 Å². The first-order valence-electron chi connectivity index (χ1n) is 5.45. The van der Waals surface area contributed by atoms with Crippen LogP contribution in [0.2, 0.25) is 0 Å². The van der Waals surface area contributed by atoms with Gasteiger partial charge < -0.3 is 15.4 Å². The van der Waals surface area contributed by atoms with Gasteiger partial charge in [-0.15, -0.1) is 0 Å². The highest BCUT2D eigenvalue weighted by molar-refractivity contribution is 5.54. The normalized spacial score (nSPS) is 15.7. The molecule has 1 aromatic heterocycles. The number of aromatic nitrogens is 1. The largest absolute Gasteiger partial charge is 0.476 e. The van der Waals surface area contributed by atoms with Crippen LogP contribution in [0.3, 0.4) is 0 Å². The van der Waals surface area contributed by atoms with E-state index in [4.69, 9.17) is 10.5 Å². The molecule has 4 nitrogen and oxygen atoms in total. The molecule has 2 N–H and O–H groups in total. The summed E-state index contributed by atoms with van der Waals surface area (Å²) in [5.41, 5.74) is 6.38. The third kappa shape index (κ3) is 2.14. The summed E-state index contributed by atoms with van der Waals surface area (Å²) in [5.74, 6) is 1.53.